The molecule has 0 bridgehead atoms. The van der Waals surface area contributed by atoms with Gasteiger partial charge < -0.3 is 14.7 Å². The number of carbonyl (C=O) groups is 1. The lowest BCUT2D eigenvalue weighted by Crippen LogP contribution is -2.05. The fraction of sp³-hybridized carbons (Fsp3) is 0.500. The maximum Gasteiger partial charge on any atom is 0.315 e. The van der Waals surface area contributed by atoms with Gasteiger partial charge in [0.1, 0.15) is 4.64 Å². The Labute approximate surface area is 115 Å². The summed E-state index contributed by atoms with van der Waals surface area (Å²) in [5.74, 6) is 0.341. The molecular weight excluding hydrogens is 276 g/mol. The van der Waals surface area contributed by atoms with Gasteiger partial charge >= 0.3 is 5.97 Å². The summed E-state index contributed by atoms with van der Waals surface area (Å²) in [6.07, 6.45) is 3.66. The third-order valence-corrected chi connectivity index (χ3v) is 2.74. The highest BCUT2D eigenvalue weighted by atomic mass is 32.2. The highest BCUT2D eigenvalue weighted by Crippen LogP contribution is 1.93. The molecule has 0 saturated heterocycles. The van der Waals surface area contributed by atoms with E-state index in [2.05, 4.69) is 14.7 Å². The monoisotopic (exact) mass is 292 g/mol. The molecule has 1 heterocycles. The van der Waals surface area contributed by atoms with Crippen molar-refractivity contribution in [1.29, 1.82) is 0 Å². The van der Waals surface area contributed by atoms with Gasteiger partial charge in [0.2, 0.25) is 0 Å². The van der Waals surface area contributed by atoms with Crippen LogP contribution in [0, 0.1) is 16.3 Å². The van der Waals surface area contributed by atoms with Crippen LogP contribution in [-0.2, 0) is 9.53 Å². The van der Waals surface area contributed by atoms with Crippen molar-refractivity contribution >= 4 is 42.2 Å². The van der Waals surface area contributed by atoms with E-state index in [1.165, 1.54) is 11.8 Å². The van der Waals surface area contributed by atoms with Gasteiger partial charge in [0.15, 0.2) is 4.77 Å². The van der Waals surface area contributed by atoms with Gasteiger partial charge in [0.05, 0.1) is 12.4 Å². The van der Waals surface area contributed by atoms with Gasteiger partial charge in [-0.05, 0) is 37.9 Å². The summed E-state index contributed by atoms with van der Waals surface area (Å²) in [6, 6.07) is 0. The third kappa shape index (κ3) is 8.12. The molecule has 0 amide bonds. The van der Waals surface area contributed by atoms with Gasteiger partial charge in [-0.2, -0.15) is 11.8 Å². The van der Waals surface area contributed by atoms with Crippen molar-refractivity contribution in [2.45, 2.75) is 13.8 Å². The molecule has 0 atom stereocenters. The van der Waals surface area contributed by atoms with Gasteiger partial charge in [-0.3, -0.25) is 4.79 Å². The van der Waals surface area contributed by atoms with Crippen LogP contribution in [0.25, 0.3) is 0 Å². The zero-order valence-electron chi connectivity index (χ0n) is 10.0. The standard InChI is InChI=1S/C5H6N2S2.C5H10O2S/c1-3-2-6-5(9)7-4(3)8;1-3-7-5(6)4-8-2/h2H,1H3,(H2,6,7,8,9);3-4H2,1-2H3. The van der Waals surface area contributed by atoms with Crippen LogP contribution in [-0.4, -0.2) is 34.6 Å². The number of H-pyrrole nitrogens is 2. The second kappa shape index (κ2) is 9.38. The number of rotatable bonds is 3. The summed E-state index contributed by atoms with van der Waals surface area (Å²) < 4.78 is 5.90. The van der Waals surface area contributed by atoms with Gasteiger partial charge in [0, 0.05) is 6.20 Å². The molecule has 0 aromatic carbocycles. The van der Waals surface area contributed by atoms with Crippen LogP contribution in [0.5, 0.6) is 0 Å². The molecular formula is C10H16N2O2S3. The molecule has 1 aromatic heterocycles. The van der Waals surface area contributed by atoms with Gasteiger partial charge in [-0.1, -0.05) is 12.2 Å². The molecule has 17 heavy (non-hydrogen) atoms. The van der Waals surface area contributed by atoms with E-state index in [-0.39, 0.29) is 5.97 Å². The van der Waals surface area contributed by atoms with Crippen molar-refractivity contribution in [3.05, 3.63) is 21.2 Å². The van der Waals surface area contributed by atoms with E-state index in [1.807, 2.05) is 13.2 Å². The fourth-order valence-corrected chi connectivity index (χ4v) is 1.50. The number of esters is 1. The Morgan fingerprint density at radius 1 is 1.53 bits per heavy atom. The Morgan fingerprint density at radius 2 is 2.18 bits per heavy atom. The first kappa shape index (κ1) is 16.3. The molecule has 0 radical (unpaired) electrons. The van der Waals surface area contributed by atoms with E-state index in [0.29, 0.717) is 21.8 Å². The van der Waals surface area contributed by atoms with E-state index >= 15 is 0 Å². The van der Waals surface area contributed by atoms with Crippen molar-refractivity contribution in [2.24, 2.45) is 0 Å². The van der Waals surface area contributed by atoms with Crippen LogP contribution < -0.4 is 0 Å². The fourth-order valence-electron chi connectivity index (χ4n) is 0.798. The maximum atomic E-state index is 10.4. The molecule has 0 fully saturated rings. The molecule has 0 unspecified atom stereocenters. The first-order chi connectivity index (χ1) is 8.01. The summed E-state index contributed by atoms with van der Waals surface area (Å²) in [6.45, 7) is 4.21. The number of aromatic amines is 2. The second-order valence-corrected chi connectivity index (χ2v) is 4.68. The quantitative estimate of drug-likeness (QED) is 0.662. The van der Waals surface area contributed by atoms with E-state index in [4.69, 9.17) is 24.4 Å². The predicted octanol–water partition coefficient (Wildman–Crippen LogP) is 3.02. The molecule has 0 aliphatic carbocycles. The largest absolute Gasteiger partial charge is 0.465 e. The molecule has 96 valence electrons. The number of aryl methyl sites for hydroxylation is 1. The normalized spacial score (nSPS) is 9.12. The zero-order valence-corrected chi connectivity index (χ0v) is 12.5. The summed E-state index contributed by atoms with van der Waals surface area (Å²) in [5.41, 5.74) is 1.01. The molecule has 1 aromatic rings. The van der Waals surface area contributed by atoms with Crippen molar-refractivity contribution in [1.82, 2.24) is 9.97 Å². The van der Waals surface area contributed by atoms with Crippen LogP contribution in [0.1, 0.15) is 12.5 Å². The molecule has 0 saturated carbocycles. The van der Waals surface area contributed by atoms with Crippen LogP contribution >= 0.6 is 36.2 Å². The topological polar surface area (TPSA) is 57.9 Å². The zero-order chi connectivity index (χ0) is 13.3. The lowest BCUT2D eigenvalue weighted by Gasteiger charge is -1.96. The lowest BCUT2D eigenvalue weighted by molar-refractivity contribution is -0.139. The number of thioether (sulfide) groups is 1. The third-order valence-electron chi connectivity index (χ3n) is 1.57. The van der Waals surface area contributed by atoms with Gasteiger partial charge in [0.25, 0.3) is 0 Å². The lowest BCUT2D eigenvalue weighted by atomic mass is 10.4. The predicted molar refractivity (Wildman–Crippen MR) is 76.6 cm³/mol. The number of nitrogens with one attached hydrogen (secondary N) is 2. The smallest absolute Gasteiger partial charge is 0.315 e. The van der Waals surface area contributed by atoms with Crippen LogP contribution in [0.3, 0.4) is 0 Å². The SMILES string of the molecule is CCOC(=O)CSC.Cc1c[nH]c(=S)[nH]c1=S. The van der Waals surface area contributed by atoms with Gasteiger partial charge in [-0.15, -0.1) is 0 Å². The van der Waals surface area contributed by atoms with Crippen molar-refractivity contribution in [3.8, 4) is 0 Å². The van der Waals surface area contributed by atoms with E-state index < -0.39 is 0 Å². The molecule has 4 nitrogen and oxygen atoms in total. The van der Waals surface area contributed by atoms with E-state index in [9.17, 15) is 4.79 Å². The summed E-state index contributed by atoms with van der Waals surface area (Å²) in [4.78, 5) is 16.0. The molecule has 0 spiro atoms. The van der Waals surface area contributed by atoms with Crippen molar-refractivity contribution in [3.63, 3.8) is 0 Å². The number of hydrogen-bond acceptors (Lipinski definition) is 5. The van der Waals surface area contributed by atoms with Crippen molar-refractivity contribution in [2.75, 3.05) is 18.6 Å². The molecule has 0 aliphatic rings. The van der Waals surface area contributed by atoms with Crippen molar-refractivity contribution < 1.29 is 9.53 Å². The summed E-state index contributed by atoms with van der Waals surface area (Å²) in [7, 11) is 0. The minimum atomic E-state index is -0.125. The number of ether oxygens (including phenoxy) is 1. The minimum absolute atomic E-state index is 0.125. The second-order valence-electron chi connectivity index (χ2n) is 2.99. The van der Waals surface area contributed by atoms with Crippen LogP contribution in [0.4, 0.5) is 0 Å². The first-order valence-electron chi connectivity index (χ1n) is 4.94. The number of aromatic nitrogens is 2. The molecule has 7 heteroatoms. The van der Waals surface area contributed by atoms with Gasteiger partial charge in [-0.25, -0.2) is 0 Å². The molecule has 2 N–H and O–H groups in total. The average molecular weight is 292 g/mol. The summed E-state index contributed by atoms with van der Waals surface area (Å²) in [5, 5.41) is 0. The Kier molecular flexibility index (Phi) is 9.01. The Morgan fingerprint density at radius 3 is 2.59 bits per heavy atom. The van der Waals surface area contributed by atoms with Crippen LogP contribution in [0.2, 0.25) is 0 Å². The highest BCUT2D eigenvalue weighted by Gasteiger charge is 1.95. The highest BCUT2D eigenvalue weighted by molar-refractivity contribution is 7.99. The average Bonchev–Trinajstić information content (AvgIpc) is 2.26. The molecule has 0 aliphatic heterocycles. The molecule has 1 rings (SSSR count). The Bertz CT molecular complexity index is 445. The van der Waals surface area contributed by atoms with E-state index in [1.54, 1.807) is 13.1 Å². The Hall–Kier alpha value is -0.660. The Balaban J connectivity index is 0.000000304. The number of hydrogen-bond donors (Lipinski definition) is 2. The van der Waals surface area contributed by atoms with Crippen LogP contribution in [0.15, 0.2) is 6.20 Å². The number of carbonyl (C=O) groups excluding carboxylic acids is 1. The minimum Gasteiger partial charge on any atom is -0.465 e. The summed E-state index contributed by atoms with van der Waals surface area (Å²) >= 11 is 11.2. The first-order valence-corrected chi connectivity index (χ1v) is 7.15. The maximum absolute atomic E-state index is 10.4. The van der Waals surface area contributed by atoms with E-state index in [0.717, 1.165) is 5.56 Å².